The molecule has 0 N–H and O–H groups in total. The molecule has 0 saturated heterocycles. The second kappa shape index (κ2) is 6.98. The largest absolute Gasteiger partial charge is 0.456 e. The van der Waals surface area contributed by atoms with Gasteiger partial charge in [0.05, 0.1) is 0 Å². The molecule has 3 rings (SSSR count). The summed E-state index contributed by atoms with van der Waals surface area (Å²) in [7, 11) is 0. The van der Waals surface area contributed by atoms with Crippen molar-refractivity contribution >= 4 is 17.0 Å². The number of carbonyl (C=O) groups is 1. The zero-order valence-electron chi connectivity index (χ0n) is 15.0. The summed E-state index contributed by atoms with van der Waals surface area (Å²) in [4.78, 5) is 14.6. The smallest absolute Gasteiger partial charge is 0.190 e. The van der Waals surface area contributed by atoms with Gasteiger partial charge in [0, 0.05) is 42.1 Å². The molecule has 128 valence electrons. The Kier molecular flexibility index (Phi) is 4.75. The van der Waals surface area contributed by atoms with E-state index >= 15 is 0 Å². The highest BCUT2D eigenvalue weighted by atomic mass is 16.5. The molecule has 2 aromatic rings. The molecule has 0 fully saturated rings. The minimum Gasteiger partial charge on any atom is -0.456 e. The van der Waals surface area contributed by atoms with Crippen molar-refractivity contribution in [2.24, 2.45) is 0 Å². The average Bonchev–Trinajstić information content (AvgIpc) is 2.63. The van der Waals surface area contributed by atoms with E-state index in [4.69, 9.17) is 4.74 Å². The number of fused-ring (bicyclic) bond motifs is 1. The number of rotatable bonds is 5. The molecule has 0 radical (unpaired) electrons. The molecule has 0 aromatic heterocycles. The Morgan fingerprint density at radius 1 is 1.04 bits per heavy atom. The van der Waals surface area contributed by atoms with Gasteiger partial charge >= 0.3 is 0 Å². The molecule has 0 heterocycles. The third-order valence-electron chi connectivity index (χ3n) is 4.60. The Morgan fingerprint density at radius 3 is 2.40 bits per heavy atom. The molecule has 0 unspecified atom stereocenters. The first kappa shape index (κ1) is 17.0. The molecule has 1 aliphatic rings. The van der Waals surface area contributed by atoms with Crippen LogP contribution in [0.25, 0.3) is 5.57 Å². The lowest BCUT2D eigenvalue weighted by atomic mass is 9.91. The van der Waals surface area contributed by atoms with E-state index in [1.807, 2.05) is 43.3 Å². The molecule has 3 nitrogen and oxygen atoms in total. The van der Waals surface area contributed by atoms with Crippen molar-refractivity contribution in [2.75, 3.05) is 18.0 Å². The van der Waals surface area contributed by atoms with E-state index in [-0.39, 0.29) is 5.78 Å². The summed E-state index contributed by atoms with van der Waals surface area (Å²) in [6, 6.07) is 13.7. The molecule has 3 heteroatoms. The summed E-state index contributed by atoms with van der Waals surface area (Å²) >= 11 is 0. The minimum atomic E-state index is -0.0458. The standard InChI is InChI=1S/C22H23NO2/c1-5-23(6-2)17-12-11-15(3)21(13-17)25-22-14-20(24)19-10-8-7-9-18(19)16(22)4/h7-14H,4-6H2,1-3H3. The molecule has 0 saturated carbocycles. The fraction of sp³-hybridized carbons (Fsp3) is 0.227. The third kappa shape index (κ3) is 3.22. The molecule has 25 heavy (non-hydrogen) atoms. The summed E-state index contributed by atoms with van der Waals surface area (Å²) in [5.74, 6) is 1.23. The number of allylic oxidation sites excluding steroid dienone is 2. The van der Waals surface area contributed by atoms with Gasteiger partial charge in [-0.1, -0.05) is 36.9 Å². The van der Waals surface area contributed by atoms with Gasteiger partial charge in [-0.15, -0.1) is 0 Å². The normalized spacial score (nSPS) is 13.3. The highest BCUT2D eigenvalue weighted by Crippen LogP contribution is 2.34. The van der Waals surface area contributed by atoms with Crippen LogP contribution in [-0.4, -0.2) is 18.9 Å². The molecule has 0 atom stereocenters. The number of carbonyl (C=O) groups excluding carboxylic acids is 1. The van der Waals surface area contributed by atoms with Crippen molar-refractivity contribution in [2.45, 2.75) is 20.8 Å². The maximum atomic E-state index is 12.4. The van der Waals surface area contributed by atoms with Crippen LogP contribution in [0.5, 0.6) is 5.75 Å². The number of ether oxygens (including phenoxy) is 1. The number of benzene rings is 2. The zero-order chi connectivity index (χ0) is 18.0. The summed E-state index contributed by atoms with van der Waals surface area (Å²) in [6.45, 7) is 12.3. The Balaban J connectivity index is 1.94. The summed E-state index contributed by atoms with van der Waals surface area (Å²) < 4.78 is 6.12. The van der Waals surface area contributed by atoms with Crippen LogP contribution in [0.4, 0.5) is 5.69 Å². The molecule has 0 amide bonds. The van der Waals surface area contributed by atoms with Gasteiger partial charge in [-0.25, -0.2) is 0 Å². The fourth-order valence-electron chi connectivity index (χ4n) is 3.07. The first-order chi connectivity index (χ1) is 12.0. The van der Waals surface area contributed by atoms with E-state index in [0.29, 0.717) is 11.3 Å². The fourth-order valence-corrected chi connectivity index (χ4v) is 3.07. The van der Waals surface area contributed by atoms with Crippen LogP contribution in [0.2, 0.25) is 0 Å². The maximum Gasteiger partial charge on any atom is 0.190 e. The Labute approximate surface area is 149 Å². The number of aryl methyl sites for hydroxylation is 1. The van der Waals surface area contributed by atoms with Crippen LogP contribution >= 0.6 is 0 Å². The SMILES string of the molecule is C=C1C(Oc2cc(N(CC)CC)ccc2C)=CC(=O)c2ccccc21. The van der Waals surface area contributed by atoms with Gasteiger partial charge in [0.25, 0.3) is 0 Å². The lowest BCUT2D eigenvalue weighted by Crippen LogP contribution is -2.21. The van der Waals surface area contributed by atoms with Crippen LogP contribution in [0, 0.1) is 6.92 Å². The Bertz CT molecular complexity index is 860. The van der Waals surface area contributed by atoms with E-state index in [0.717, 1.165) is 41.2 Å². The lowest BCUT2D eigenvalue weighted by molar-refractivity contribution is 0.104. The van der Waals surface area contributed by atoms with Crippen LogP contribution in [0.15, 0.2) is 60.9 Å². The van der Waals surface area contributed by atoms with Crippen molar-refractivity contribution in [1.82, 2.24) is 0 Å². The van der Waals surface area contributed by atoms with Gasteiger partial charge in [-0.05, 0) is 38.0 Å². The van der Waals surface area contributed by atoms with E-state index in [1.165, 1.54) is 6.08 Å². The van der Waals surface area contributed by atoms with Gasteiger partial charge < -0.3 is 9.64 Å². The number of hydrogen-bond donors (Lipinski definition) is 0. The van der Waals surface area contributed by atoms with Crippen LogP contribution < -0.4 is 9.64 Å². The summed E-state index contributed by atoms with van der Waals surface area (Å²) in [5.41, 5.74) is 4.38. The van der Waals surface area contributed by atoms with Gasteiger partial charge in [0.15, 0.2) is 5.78 Å². The van der Waals surface area contributed by atoms with Crippen LogP contribution in [0.1, 0.15) is 35.3 Å². The van der Waals surface area contributed by atoms with Crippen molar-refractivity contribution in [3.05, 3.63) is 77.6 Å². The summed E-state index contributed by atoms with van der Waals surface area (Å²) in [5, 5.41) is 0. The minimum absolute atomic E-state index is 0.0458. The number of nitrogens with zero attached hydrogens (tertiary/aromatic N) is 1. The van der Waals surface area contributed by atoms with E-state index in [2.05, 4.69) is 31.4 Å². The van der Waals surface area contributed by atoms with Gasteiger partial charge in [-0.3, -0.25) is 4.79 Å². The Morgan fingerprint density at radius 2 is 1.72 bits per heavy atom. The quantitative estimate of drug-likeness (QED) is 0.770. The van der Waals surface area contributed by atoms with E-state index < -0.39 is 0 Å². The van der Waals surface area contributed by atoms with Crippen molar-refractivity contribution < 1.29 is 9.53 Å². The molecular weight excluding hydrogens is 310 g/mol. The number of ketones is 1. The maximum absolute atomic E-state index is 12.4. The molecule has 0 aliphatic heterocycles. The lowest BCUT2D eigenvalue weighted by Gasteiger charge is -2.24. The van der Waals surface area contributed by atoms with Gasteiger partial charge in [0.1, 0.15) is 11.5 Å². The molecule has 2 aromatic carbocycles. The molecule has 0 spiro atoms. The second-order valence-corrected chi connectivity index (χ2v) is 6.12. The first-order valence-electron chi connectivity index (χ1n) is 8.63. The highest BCUT2D eigenvalue weighted by molar-refractivity contribution is 6.13. The second-order valence-electron chi connectivity index (χ2n) is 6.12. The third-order valence-corrected chi connectivity index (χ3v) is 4.60. The van der Waals surface area contributed by atoms with E-state index in [9.17, 15) is 4.79 Å². The molecular formula is C22H23NO2. The predicted molar refractivity (Wildman–Crippen MR) is 103 cm³/mol. The van der Waals surface area contributed by atoms with Gasteiger partial charge in [0.2, 0.25) is 0 Å². The van der Waals surface area contributed by atoms with Crippen molar-refractivity contribution in [1.29, 1.82) is 0 Å². The summed E-state index contributed by atoms with van der Waals surface area (Å²) in [6.07, 6.45) is 1.54. The topological polar surface area (TPSA) is 29.5 Å². The molecule has 1 aliphatic carbocycles. The average molecular weight is 333 g/mol. The monoisotopic (exact) mass is 333 g/mol. The first-order valence-corrected chi connectivity index (χ1v) is 8.63. The molecule has 0 bridgehead atoms. The number of hydrogen-bond acceptors (Lipinski definition) is 3. The van der Waals surface area contributed by atoms with Crippen LogP contribution in [-0.2, 0) is 0 Å². The van der Waals surface area contributed by atoms with Crippen molar-refractivity contribution in [3.8, 4) is 5.75 Å². The Hall–Kier alpha value is -2.81. The number of anilines is 1. The zero-order valence-corrected chi connectivity index (χ0v) is 15.0. The van der Waals surface area contributed by atoms with Crippen LogP contribution in [0.3, 0.4) is 0 Å². The predicted octanol–water partition coefficient (Wildman–Crippen LogP) is 5.01. The highest BCUT2D eigenvalue weighted by Gasteiger charge is 2.22. The van der Waals surface area contributed by atoms with E-state index in [1.54, 1.807) is 0 Å². The van der Waals surface area contributed by atoms with Crippen molar-refractivity contribution in [3.63, 3.8) is 0 Å². The van der Waals surface area contributed by atoms with Gasteiger partial charge in [-0.2, -0.15) is 0 Å².